The Morgan fingerprint density at radius 1 is 1.03 bits per heavy atom. The lowest BCUT2D eigenvalue weighted by Gasteiger charge is -2.16. The van der Waals surface area contributed by atoms with Gasteiger partial charge in [0.15, 0.2) is 6.29 Å². The van der Waals surface area contributed by atoms with Crippen LogP contribution in [-0.2, 0) is 9.47 Å². The topological polar surface area (TPSA) is 55.8 Å². The standard InChI is InChI=1S/C27H24O4/c1-3-31-27(30-2)24-18-16-22(17-19-24)25-11-7-6-10-21(25)9-5-4-8-20-12-14-23(15-13-20)26(28)29/h5-7,9-19,27H,3H2,1-2H3,(H,28,29)/b9-5+. The van der Waals surface area contributed by atoms with Gasteiger partial charge in [-0.25, -0.2) is 4.79 Å². The molecule has 0 aliphatic rings. The van der Waals surface area contributed by atoms with Gasteiger partial charge in [-0.05, 0) is 60.0 Å². The van der Waals surface area contributed by atoms with E-state index >= 15 is 0 Å². The van der Waals surface area contributed by atoms with Gasteiger partial charge in [0, 0.05) is 24.8 Å². The van der Waals surface area contributed by atoms with Crippen molar-refractivity contribution >= 4 is 12.0 Å². The molecule has 0 bridgehead atoms. The maximum absolute atomic E-state index is 10.9. The average Bonchev–Trinajstić information content (AvgIpc) is 2.81. The van der Waals surface area contributed by atoms with Crippen LogP contribution < -0.4 is 0 Å². The molecule has 1 N–H and O–H groups in total. The summed E-state index contributed by atoms with van der Waals surface area (Å²) >= 11 is 0. The normalized spacial score (nSPS) is 11.7. The molecule has 156 valence electrons. The molecule has 4 heteroatoms. The van der Waals surface area contributed by atoms with Crippen molar-refractivity contribution in [1.29, 1.82) is 0 Å². The summed E-state index contributed by atoms with van der Waals surface area (Å²) in [4.78, 5) is 10.9. The van der Waals surface area contributed by atoms with Gasteiger partial charge in [0.2, 0.25) is 0 Å². The summed E-state index contributed by atoms with van der Waals surface area (Å²) in [5, 5.41) is 8.96. The van der Waals surface area contributed by atoms with Crippen molar-refractivity contribution in [3.05, 3.63) is 101 Å². The fraction of sp³-hybridized carbons (Fsp3) is 0.148. The monoisotopic (exact) mass is 412 g/mol. The second-order valence-corrected chi connectivity index (χ2v) is 6.72. The Morgan fingerprint density at radius 2 is 1.74 bits per heavy atom. The lowest BCUT2D eigenvalue weighted by atomic mass is 9.98. The molecule has 3 aromatic rings. The van der Waals surface area contributed by atoms with Gasteiger partial charge in [0.25, 0.3) is 0 Å². The highest BCUT2D eigenvalue weighted by Crippen LogP contribution is 2.27. The molecule has 0 spiro atoms. The molecular formula is C27H24O4. The molecule has 0 aliphatic carbocycles. The van der Waals surface area contributed by atoms with Crippen LogP contribution in [-0.4, -0.2) is 24.8 Å². The van der Waals surface area contributed by atoms with Crippen LogP contribution >= 0.6 is 0 Å². The largest absolute Gasteiger partial charge is 0.478 e. The first-order chi connectivity index (χ1) is 15.1. The van der Waals surface area contributed by atoms with Crippen molar-refractivity contribution < 1.29 is 19.4 Å². The maximum Gasteiger partial charge on any atom is 0.335 e. The van der Waals surface area contributed by atoms with Crippen molar-refractivity contribution in [2.24, 2.45) is 0 Å². The molecule has 3 rings (SSSR count). The molecule has 1 atom stereocenters. The lowest BCUT2D eigenvalue weighted by molar-refractivity contribution is -0.124. The summed E-state index contributed by atoms with van der Waals surface area (Å²) in [6.07, 6.45) is 3.41. The molecule has 3 aromatic carbocycles. The predicted octanol–water partition coefficient (Wildman–Crippen LogP) is 5.80. The van der Waals surface area contributed by atoms with Gasteiger partial charge in [0.05, 0.1) is 5.56 Å². The number of benzene rings is 3. The number of aromatic carboxylic acids is 1. The summed E-state index contributed by atoms with van der Waals surface area (Å²) in [5.41, 5.74) is 5.23. The van der Waals surface area contributed by atoms with Gasteiger partial charge in [-0.15, -0.1) is 0 Å². The van der Waals surface area contributed by atoms with Crippen molar-refractivity contribution in [3.63, 3.8) is 0 Å². The lowest BCUT2D eigenvalue weighted by Crippen LogP contribution is -2.06. The molecule has 0 radical (unpaired) electrons. The zero-order valence-electron chi connectivity index (χ0n) is 17.5. The van der Waals surface area contributed by atoms with Crippen molar-refractivity contribution in [2.45, 2.75) is 13.2 Å². The predicted molar refractivity (Wildman–Crippen MR) is 123 cm³/mol. The highest BCUT2D eigenvalue weighted by atomic mass is 16.7. The molecule has 0 saturated heterocycles. The molecular weight excluding hydrogens is 388 g/mol. The van der Waals surface area contributed by atoms with E-state index in [1.54, 1.807) is 37.5 Å². The van der Waals surface area contributed by atoms with Gasteiger partial charge in [-0.1, -0.05) is 60.4 Å². The molecule has 31 heavy (non-hydrogen) atoms. The van der Waals surface area contributed by atoms with E-state index in [1.165, 1.54) is 0 Å². The zero-order valence-corrected chi connectivity index (χ0v) is 17.5. The van der Waals surface area contributed by atoms with Crippen LogP contribution in [0.5, 0.6) is 0 Å². The van der Waals surface area contributed by atoms with E-state index in [1.807, 2.05) is 43.3 Å². The number of hydrogen-bond donors (Lipinski definition) is 1. The SMILES string of the molecule is CCOC(OC)c1ccc(-c2ccccc2/C=C/C#Cc2ccc(C(=O)O)cc2)cc1. The van der Waals surface area contributed by atoms with E-state index in [0.717, 1.165) is 27.8 Å². The number of hydrogen-bond acceptors (Lipinski definition) is 3. The summed E-state index contributed by atoms with van der Waals surface area (Å²) < 4.78 is 11.0. The average molecular weight is 412 g/mol. The van der Waals surface area contributed by atoms with Crippen molar-refractivity contribution in [3.8, 4) is 23.0 Å². The fourth-order valence-corrected chi connectivity index (χ4v) is 3.13. The smallest absolute Gasteiger partial charge is 0.335 e. The number of ether oxygens (including phenoxy) is 2. The Kier molecular flexibility index (Phi) is 7.78. The quantitative estimate of drug-likeness (QED) is 0.394. The third-order valence-electron chi connectivity index (χ3n) is 4.68. The van der Waals surface area contributed by atoms with E-state index in [0.29, 0.717) is 6.61 Å². The molecule has 1 unspecified atom stereocenters. The molecule has 0 saturated carbocycles. The summed E-state index contributed by atoms with van der Waals surface area (Å²) in [6, 6.07) is 22.8. The molecule has 0 amide bonds. The number of rotatable bonds is 7. The van der Waals surface area contributed by atoms with E-state index in [2.05, 4.69) is 30.0 Å². The van der Waals surface area contributed by atoms with E-state index in [9.17, 15) is 4.79 Å². The fourth-order valence-electron chi connectivity index (χ4n) is 3.13. The van der Waals surface area contributed by atoms with Gasteiger partial charge < -0.3 is 14.6 Å². The first kappa shape index (κ1) is 22.0. The first-order valence-corrected chi connectivity index (χ1v) is 9.97. The van der Waals surface area contributed by atoms with Crippen LogP contribution in [0, 0.1) is 11.8 Å². The Bertz CT molecular complexity index is 1100. The first-order valence-electron chi connectivity index (χ1n) is 9.97. The van der Waals surface area contributed by atoms with E-state index in [-0.39, 0.29) is 11.9 Å². The second kappa shape index (κ2) is 10.9. The maximum atomic E-state index is 10.9. The van der Waals surface area contributed by atoms with Crippen LogP contribution in [0.2, 0.25) is 0 Å². The van der Waals surface area contributed by atoms with Crippen LogP contribution in [0.4, 0.5) is 0 Å². The molecule has 0 heterocycles. The van der Waals surface area contributed by atoms with Gasteiger partial charge in [-0.2, -0.15) is 0 Å². The molecule has 0 aliphatic heterocycles. The molecule has 4 nitrogen and oxygen atoms in total. The number of carboxylic acid groups (broad SMARTS) is 1. The number of carboxylic acids is 1. The van der Waals surface area contributed by atoms with Crippen LogP contribution in [0.25, 0.3) is 17.2 Å². The highest BCUT2D eigenvalue weighted by Gasteiger charge is 2.10. The third-order valence-corrected chi connectivity index (χ3v) is 4.68. The minimum Gasteiger partial charge on any atom is -0.478 e. The Balaban J connectivity index is 1.77. The number of methoxy groups -OCH3 is 1. The Morgan fingerprint density at radius 3 is 2.39 bits per heavy atom. The van der Waals surface area contributed by atoms with E-state index in [4.69, 9.17) is 14.6 Å². The summed E-state index contributed by atoms with van der Waals surface area (Å²) in [6.45, 7) is 2.52. The Labute approximate surface area is 182 Å². The van der Waals surface area contributed by atoms with Gasteiger partial charge >= 0.3 is 5.97 Å². The van der Waals surface area contributed by atoms with Crippen LogP contribution in [0.3, 0.4) is 0 Å². The number of allylic oxidation sites excluding steroid dienone is 1. The van der Waals surface area contributed by atoms with Crippen molar-refractivity contribution in [1.82, 2.24) is 0 Å². The summed E-state index contributed by atoms with van der Waals surface area (Å²) in [5.74, 6) is 5.09. The van der Waals surface area contributed by atoms with Gasteiger partial charge in [0.1, 0.15) is 0 Å². The van der Waals surface area contributed by atoms with Crippen LogP contribution in [0.1, 0.15) is 40.3 Å². The van der Waals surface area contributed by atoms with E-state index < -0.39 is 5.97 Å². The number of carbonyl (C=O) groups is 1. The van der Waals surface area contributed by atoms with Crippen molar-refractivity contribution in [2.75, 3.05) is 13.7 Å². The Hall–Kier alpha value is -3.65. The third kappa shape index (κ3) is 5.93. The highest BCUT2D eigenvalue weighted by molar-refractivity contribution is 5.87. The minimum atomic E-state index is -0.945. The molecule has 0 fully saturated rings. The van der Waals surface area contributed by atoms with Gasteiger partial charge in [-0.3, -0.25) is 0 Å². The second-order valence-electron chi connectivity index (χ2n) is 6.72. The van der Waals surface area contributed by atoms with Crippen LogP contribution in [0.15, 0.2) is 78.9 Å². The zero-order chi connectivity index (χ0) is 22.1. The minimum absolute atomic E-state index is 0.249. The summed E-state index contributed by atoms with van der Waals surface area (Å²) in [7, 11) is 1.63. The molecule has 0 aromatic heterocycles.